The van der Waals surface area contributed by atoms with E-state index in [1.807, 2.05) is 35.9 Å². The maximum absolute atomic E-state index is 14.6. The maximum Gasteiger partial charge on any atom is 0.248 e. The van der Waals surface area contributed by atoms with Crippen molar-refractivity contribution >= 4 is 28.7 Å². The number of morpholine rings is 1. The van der Waals surface area contributed by atoms with Crippen LogP contribution in [-0.4, -0.2) is 51.6 Å². The van der Waals surface area contributed by atoms with Gasteiger partial charge in [0.15, 0.2) is 0 Å². The molecule has 0 unspecified atom stereocenters. The number of nitrogens with zero attached hydrogens (tertiary/aromatic N) is 4. The van der Waals surface area contributed by atoms with Crippen LogP contribution in [0, 0.1) is 5.82 Å². The largest absolute Gasteiger partial charge is 0.379 e. The van der Waals surface area contributed by atoms with E-state index in [9.17, 15) is 9.18 Å². The highest BCUT2D eigenvalue weighted by Gasteiger charge is 2.13. The number of anilines is 1. The van der Waals surface area contributed by atoms with Crippen molar-refractivity contribution < 1.29 is 13.9 Å². The van der Waals surface area contributed by atoms with E-state index in [1.165, 1.54) is 12.1 Å². The second kappa shape index (κ2) is 10.2. The summed E-state index contributed by atoms with van der Waals surface area (Å²) in [6, 6.07) is 12.8. The molecule has 0 aliphatic carbocycles. The summed E-state index contributed by atoms with van der Waals surface area (Å²) in [5.74, 6) is -0.870. The molecular formula is C27H26FN5O2. The number of pyridine rings is 1. The molecule has 1 aliphatic heterocycles. The molecule has 8 heteroatoms. The maximum atomic E-state index is 14.6. The number of hydrogen-bond donors (Lipinski definition) is 1. The van der Waals surface area contributed by atoms with Crippen molar-refractivity contribution in [2.24, 2.45) is 7.05 Å². The number of carbonyl (C=O) groups is 1. The van der Waals surface area contributed by atoms with Crippen LogP contribution in [0.25, 0.3) is 28.2 Å². The van der Waals surface area contributed by atoms with E-state index in [1.54, 1.807) is 30.9 Å². The highest BCUT2D eigenvalue weighted by atomic mass is 19.1. The normalized spacial score (nSPS) is 14.6. The van der Waals surface area contributed by atoms with E-state index in [2.05, 4.69) is 26.3 Å². The Hall–Kier alpha value is -3.88. The number of halogens is 1. The molecule has 3 heterocycles. The Balaban J connectivity index is 1.29. The minimum Gasteiger partial charge on any atom is -0.379 e. The number of aryl methyl sites for hydroxylation is 1. The molecule has 1 N–H and O–H groups in total. The first kappa shape index (κ1) is 22.9. The zero-order valence-corrected chi connectivity index (χ0v) is 19.4. The Kier molecular flexibility index (Phi) is 6.65. The summed E-state index contributed by atoms with van der Waals surface area (Å²) >= 11 is 0. The van der Waals surface area contributed by atoms with Crippen LogP contribution in [0.15, 0.2) is 67.3 Å². The molecule has 1 aliphatic rings. The van der Waals surface area contributed by atoms with E-state index in [0.717, 1.165) is 46.4 Å². The average molecular weight is 472 g/mol. The number of nitrogens with one attached hydrogen (secondary N) is 1. The summed E-state index contributed by atoms with van der Waals surface area (Å²) in [6.07, 6.45) is 8.28. The fourth-order valence-electron chi connectivity index (χ4n) is 4.21. The molecule has 7 nitrogen and oxygen atoms in total. The predicted molar refractivity (Wildman–Crippen MR) is 134 cm³/mol. The molecule has 0 spiro atoms. The Morgan fingerprint density at radius 3 is 2.86 bits per heavy atom. The molecule has 4 aromatic rings. The lowest BCUT2D eigenvalue weighted by Gasteiger charge is -2.26. The molecule has 1 saturated heterocycles. The van der Waals surface area contributed by atoms with Gasteiger partial charge >= 0.3 is 0 Å². The number of amides is 1. The first-order valence-electron chi connectivity index (χ1n) is 11.5. The minimum absolute atomic E-state index is 0.151. The van der Waals surface area contributed by atoms with Gasteiger partial charge in [0, 0.05) is 50.7 Å². The van der Waals surface area contributed by atoms with Crippen LogP contribution in [0.5, 0.6) is 0 Å². The van der Waals surface area contributed by atoms with Crippen molar-refractivity contribution in [1.82, 2.24) is 19.4 Å². The molecule has 1 fully saturated rings. The number of fused-ring (bicyclic) bond motifs is 1. The van der Waals surface area contributed by atoms with Crippen LogP contribution in [0.4, 0.5) is 10.1 Å². The monoisotopic (exact) mass is 471 g/mol. The molecule has 0 saturated carbocycles. The number of aromatic nitrogens is 3. The van der Waals surface area contributed by atoms with Crippen LogP contribution in [0.2, 0.25) is 0 Å². The zero-order chi connectivity index (χ0) is 24.2. The highest BCUT2D eigenvalue weighted by molar-refractivity contribution is 6.02. The van der Waals surface area contributed by atoms with Gasteiger partial charge in [-0.15, -0.1) is 0 Å². The van der Waals surface area contributed by atoms with Crippen molar-refractivity contribution in [3.05, 3.63) is 84.2 Å². The van der Waals surface area contributed by atoms with Crippen molar-refractivity contribution in [2.75, 3.05) is 31.6 Å². The Morgan fingerprint density at radius 2 is 2.03 bits per heavy atom. The van der Waals surface area contributed by atoms with Crippen molar-refractivity contribution in [3.8, 4) is 11.1 Å². The number of ether oxygens (including phenoxy) is 1. The number of rotatable bonds is 6. The van der Waals surface area contributed by atoms with Crippen molar-refractivity contribution in [2.45, 2.75) is 6.54 Å². The SMILES string of the molecule is Cn1cnc2ccc(-c3ccncc3/C=C/C(=O)Nc3ccc(CN4CCOCC4)cc3F)cc21. The standard InChI is InChI=1S/C27H26FN5O2/c1-32-18-30-25-6-3-20(15-26(25)32)22-8-9-29-16-21(22)4-7-27(34)31-24-5-2-19(14-23(24)28)17-33-10-12-35-13-11-33/h2-9,14-16,18H,10-13,17H2,1H3,(H,31,34)/b7-4+. The zero-order valence-electron chi connectivity index (χ0n) is 19.4. The molecule has 2 aromatic heterocycles. The highest BCUT2D eigenvalue weighted by Crippen LogP contribution is 2.27. The van der Waals surface area contributed by atoms with Gasteiger partial charge in [-0.25, -0.2) is 9.37 Å². The minimum atomic E-state index is -0.455. The predicted octanol–water partition coefficient (Wildman–Crippen LogP) is 4.26. The van der Waals surface area contributed by atoms with E-state index in [4.69, 9.17) is 4.74 Å². The molecule has 5 rings (SSSR count). The summed E-state index contributed by atoms with van der Waals surface area (Å²) < 4.78 is 22.0. The van der Waals surface area contributed by atoms with Gasteiger partial charge in [-0.2, -0.15) is 0 Å². The number of imidazole rings is 1. The molecule has 1 amide bonds. The lowest BCUT2D eigenvalue weighted by Crippen LogP contribution is -2.35. The van der Waals surface area contributed by atoms with Gasteiger partial charge in [0.2, 0.25) is 5.91 Å². The van der Waals surface area contributed by atoms with Crippen molar-refractivity contribution in [3.63, 3.8) is 0 Å². The first-order valence-corrected chi connectivity index (χ1v) is 11.5. The van der Waals surface area contributed by atoms with Crippen LogP contribution in [0.3, 0.4) is 0 Å². The van der Waals surface area contributed by atoms with E-state index >= 15 is 0 Å². The van der Waals surface area contributed by atoms with Crippen LogP contribution in [-0.2, 0) is 23.1 Å². The molecule has 0 bridgehead atoms. The lowest BCUT2D eigenvalue weighted by molar-refractivity contribution is -0.111. The fraction of sp³-hybridized carbons (Fsp3) is 0.222. The average Bonchev–Trinajstić information content (AvgIpc) is 3.25. The van der Waals surface area contributed by atoms with E-state index in [0.29, 0.717) is 19.8 Å². The molecule has 2 aromatic carbocycles. The summed E-state index contributed by atoms with van der Waals surface area (Å²) in [4.78, 5) is 23.3. The van der Waals surface area contributed by atoms with Gasteiger partial charge in [-0.05, 0) is 53.1 Å². The number of hydrogen-bond acceptors (Lipinski definition) is 5. The lowest BCUT2D eigenvalue weighted by atomic mass is 10.0. The third-order valence-electron chi connectivity index (χ3n) is 6.10. The summed E-state index contributed by atoms with van der Waals surface area (Å²) in [5.41, 5.74) is 5.66. The van der Waals surface area contributed by atoms with Crippen LogP contribution in [0.1, 0.15) is 11.1 Å². The van der Waals surface area contributed by atoms with Gasteiger partial charge in [0.25, 0.3) is 0 Å². The number of benzene rings is 2. The molecule has 178 valence electrons. The van der Waals surface area contributed by atoms with Gasteiger partial charge in [0.05, 0.1) is 36.3 Å². The second-order valence-corrected chi connectivity index (χ2v) is 8.55. The quantitative estimate of drug-likeness (QED) is 0.426. The molecule has 35 heavy (non-hydrogen) atoms. The van der Waals surface area contributed by atoms with Gasteiger partial charge in [0.1, 0.15) is 5.82 Å². The Morgan fingerprint density at radius 1 is 1.17 bits per heavy atom. The smallest absolute Gasteiger partial charge is 0.248 e. The third kappa shape index (κ3) is 5.29. The first-order chi connectivity index (χ1) is 17.1. The van der Waals surface area contributed by atoms with Crippen molar-refractivity contribution in [1.29, 1.82) is 0 Å². The third-order valence-corrected chi connectivity index (χ3v) is 6.10. The van der Waals surface area contributed by atoms with E-state index in [-0.39, 0.29) is 5.69 Å². The molecule has 0 radical (unpaired) electrons. The van der Waals surface area contributed by atoms with E-state index < -0.39 is 11.7 Å². The Labute approximate surface area is 202 Å². The van der Waals surface area contributed by atoms with Gasteiger partial charge < -0.3 is 14.6 Å². The molecule has 0 atom stereocenters. The van der Waals surface area contributed by atoms with Crippen LogP contribution >= 0.6 is 0 Å². The molecular weight excluding hydrogens is 445 g/mol. The van der Waals surface area contributed by atoms with Crippen LogP contribution < -0.4 is 5.32 Å². The topological polar surface area (TPSA) is 72.3 Å². The second-order valence-electron chi connectivity index (χ2n) is 8.55. The van der Waals surface area contributed by atoms with Gasteiger partial charge in [-0.1, -0.05) is 12.1 Å². The van der Waals surface area contributed by atoms with Gasteiger partial charge in [-0.3, -0.25) is 14.7 Å². The summed E-state index contributed by atoms with van der Waals surface area (Å²) in [7, 11) is 1.95. The summed E-state index contributed by atoms with van der Waals surface area (Å²) in [6.45, 7) is 3.70. The fourth-order valence-corrected chi connectivity index (χ4v) is 4.21. The Bertz CT molecular complexity index is 1390. The summed E-state index contributed by atoms with van der Waals surface area (Å²) in [5, 5.41) is 2.63. The number of carbonyl (C=O) groups excluding carboxylic acids is 1.